The van der Waals surface area contributed by atoms with Crippen molar-refractivity contribution >= 4 is 23.6 Å². The zero-order valence-corrected chi connectivity index (χ0v) is 12.0. The summed E-state index contributed by atoms with van der Waals surface area (Å²) in [6.45, 7) is 1.40. The molecule has 1 saturated carbocycles. The number of esters is 1. The fourth-order valence-electron chi connectivity index (χ4n) is 2.82. The predicted octanol–water partition coefficient (Wildman–Crippen LogP) is 1.68. The van der Waals surface area contributed by atoms with E-state index in [4.69, 9.17) is 4.74 Å². The molecule has 0 aromatic carbocycles. The third kappa shape index (κ3) is 3.25. The molecule has 0 spiro atoms. The maximum absolute atomic E-state index is 12.1. The molecule has 1 amide bonds. The second-order valence-corrected chi connectivity index (χ2v) is 6.97. The largest absolute Gasteiger partial charge is 0.461 e. The van der Waals surface area contributed by atoms with Crippen LogP contribution in [0, 0.1) is 11.8 Å². The summed E-state index contributed by atoms with van der Waals surface area (Å²) in [4.78, 5) is 26.1. The quantitative estimate of drug-likeness (QED) is 0.739. The third-order valence-corrected chi connectivity index (χ3v) is 5.30. The second-order valence-electron chi connectivity index (χ2n) is 5.82. The minimum absolute atomic E-state index is 0.0826. The van der Waals surface area contributed by atoms with Gasteiger partial charge in [0.1, 0.15) is 6.10 Å². The first-order valence-electron chi connectivity index (χ1n) is 7.31. The van der Waals surface area contributed by atoms with Gasteiger partial charge in [0.15, 0.2) is 0 Å². The molecular formula is C14H21NO3S. The van der Waals surface area contributed by atoms with Gasteiger partial charge in [-0.3, -0.25) is 9.59 Å². The highest BCUT2D eigenvalue weighted by molar-refractivity contribution is 7.99. The summed E-state index contributed by atoms with van der Waals surface area (Å²) < 4.78 is 5.56. The maximum atomic E-state index is 12.1. The molecular weight excluding hydrogens is 262 g/mol. The first kappa shape index (κ1) is 13.3. The summed E-state index contributed by atoms with van der Waals surface area (Å²) in [5.74, 6) is 2.36. The van der Waals surface area contributed by atoms with Crippen molar-refractivity contribution in [2.45, 2.75) is 38.2 Å². The standard InChI is InChI=1S/C14H21NO3S/c16-13(10-3-4-10)15-6-1-2-11(8-15)14(17)18-12-5-7-19-9-12/h10-12H,1-9H2/t11-,12-/m0/s1. The van der Waals surface area contributed by atoms with Crippen LogP contribution in [-0.4, -0.2) is 47.5 Å². The zero-order chi connectivity index (χ0) is 13.2. The Morgan fingerprint density at radius 1 is 1.11 bits per heavy atom. The van der Waals surface area contributed by atoms with Crippen LogP contribution in [0.25, 0.3) is 0 Å². The molecule has 0 aromatic heterocycles. The van der Waals surface area contributed by atoms with Crippen LogP contribution < -0.4 is 0 Å². The lowest BCUT2D eigenvalue weighted by atomic mass is 9.97. The van der Waals surface area contributed by atoms with Gasteiger partial charge >= 0.3 is 5.97 Å². The van der Waals surface area contributed by atoms with Crippen LogP contribution in [0.4, 0.5) is 0 Å². The maximum Gasteiger partial charge on any atom is 0.311 e. The van der Waals surface area contributed by atoms with E-state index in [9.17, 15) is 9.59 Å². The molecule has 3 aliphatic rings. The topological polar surface area (TPSA) is 46.6 Å². The molecule has 4 nitrogen and oxygen atoms in total. The predicted molar refractivity (Wildman–Crippen MR) is 73.9 cm³/mol. The van der Waals surface area contributed by atoms with Crippen LogP contribution in [0.2, 0.25) is 0 Å². The van der Waals surface area contributed by atoms with E-state index in [1.54, 1.807) is 0 Å². The van der Waals surface area contributed by atoms with Crippen LogP contribution >= 0.6 is 11.8 Å². The molecule has 0 N–H and O–H groups in total. The number of thioether (sulfide) groups is 1. The van der Waals surface area contributed by atoms with E-state index in [0.717, 1.165) is 50.2 Å². The van der Waals surface area contributed by atoms with Crippen LogP contribution in [0.3, 0.4) is 0 Å². The molecule has 0 aromatic rings. The molecule has 2 saturated heterocycles. The number of ether oxygens (including phenoxy) is 1. The molecule has 1 aliphatic carbocycles. The van der Waals surface area contributed by atoms with Crippen LogP contribution in [0.1, 0.15) is 32.1 Å². The van der Waals surface area contributed by atoms with Gasteiger partial charge in [0.2, 0.25) is 5.91 Å². The van der Waals surface area contributed by atoms with Crippen molar-refractivity contribution < 1.29 is 14.3 Å². The lowest BCUT2D eigenvalue weighted by molar-refractivity contribution is -0.155. The minimum Gasteiger partial charge on any atom is -0.461 e. The highest BCUT2D eigenvalue weighted by Crippen LogP contribution is 2.33. The van der Waals surface area contributed by atoms with Gasteiger partial charge in [0.25, 0.3) is 0 Å². The normalized spacial score (nSPS) is 31.3. The summed E-state index contributed by atoms with van der Waals surface area (Å²) in [6.07, 6.45) is 4.94. The number of piperidine rings is 1. The fourth-order valence-corrected chi connectivity index (χ4v) is 3.92. The Balaban J connectivity index is 1.51. The Morgan fingerprint density at radius 2 is 1.95 bits per heavy atom. The zero-order valence-electron chi connectivity index (χ0n) is 11.2. The van der Waals surface area contributed by atoms with Crippen molar-refractivity contribution in [3.63, 3.8) is 0 Å². The average Bonchev–Trinajstić information content (AvgIpc) is 3.17. The van der Waals surface area contributed by atoms with E-state index in [-0.39, 0.29) is 29.8 Å². The Labute approximate surface area is 118 Å². The summed E-state index contributed by atoms with van der Waals surface area (Å²) in [5.41, 5.74) is 0. The van der Waals surface area contributed by atoms with Crippen molar-refractivity contribution in [1.82, 2.24) is 4.90 Å². The van der Waals surface area contributed by atoms with Gasteiger partial charge in [-0.2, -0.15) is 11.8 Å². The molecule has 0 unspecified atom stereocenters. The molecule has 19 heavy (non-hydrogen) atoms. The summed E-state index contributed by atoms with van der Waals surface area (Å²) in [5, 5.41) is 0. The van der Waals surface area contributed by atoms with Crippen LogP contribution in [-0.2, 0) is 14.3 Å². The molecule has 5 heteroatoms. The molecule has 106 valence electrons. The van der Waals surface area contributed by atoms with Crippen molar-refractivity contribution in [3.8, 4) is 0 Å². The average molecular weight is 283 g/mol. The molecule has 2 aliphatic heterocycles. The second kappa shape index (κ2) is 5.73. The lowest BCUT2D eigenvalue weighted by Gasteiger charge is -2.32. The monoisotopic (exact) mass is 283 g/mol. The van der Waals surface area contributed by atoms with Gasteiger partial charge in [0.05, 0.1) is 5.92 Å². The Kier molecular flexibility index (Phi) is 4.01. The number of amides is 1. The van der Waals surface area contributed by atoms with Crippen molar-refractivity contribution in [2.24, 2.45) is 11.8 Å². The number of rotatable bonds is 3. The fraction of sp³-hybridized carbons (Fsp3) is 0.857. The van der Waals surface area contributed by atoms with Gasteiger partial charge in [-0.15, -0.1) is 0 Å². The van der Waals surface area contributed by atoms with Crippen LogP contribution in [0.5, 0.6) is 0 Å². The van der Waals surface area contributed by atoms with Gasteiger partial charge in [-0.1, -0.05) is 0 Å². The number of likely N-dealkylation sites (tertiary alicyclic amines) is 1. The minimum atomic E-state index is -0.0953. The Morgan fingerprint density at radius 3 is 2.63 bits per heavy atom. The third-order valence-electron chi connectivity index (χ3n) is 4.16. The number of hydrogen-bond donors (Lipinski definition) is 0. The molecule has 3 fully saturated rings. The summed E-state index contributed by atoms with van der Waals surface area (Å²) >= 11 is 1.85. The summed E-state index contributed by atoms with van der Waals surface area (Å²) in [6, 6.07) is 0. The Bertz CT molecular complexity index is 364. The van der Waals surface area contributed by atoms with Crippen LogP contribution in [0.15, 0.2) is 0 Å². The van der Waals surface area contributed by atoms with Gasteiger partial charge in [-0.05, 0) is 37.9 Å². The smallest absolute Gasteiger partial charge is 0.311 e. The number of carbonyl (C=O) groups is 2. The van der Waals surface area contributed by atoms with Gasteiger partial charge in [-0.25, -0.2) is 0 Å². The first-order valence-corrected chi connectivity index (χ1v) is 8.46. The SMILES string of the molecule is O=C(O[C@H]1CCSC1)[C@H]1CCCN(C(=O)C2CC2)C1. The van der Waals surface area contributed by atoms with E-state index >= 15 is 0 Å². The molecule has 0 radical (unpaired) electrons. The summed E-state index contributed by atoms with van der Waals surface area (Å²) in [7, 11) is 0. The molecule has 3 rings (SSSR count). The Hall–Kier alpha value is -0.710. The van der Waals surface area contributed by atoms with E-state index in [1.165, 1.54) is 0 Å². The molecule has 2 atom stereocenters. The highest BCUT2D eigenvalue weighted by Gasteiger charge is 2.37. The van der Waals surface area contributed by atoms with E-state index in [0.29, 0.717) is 6.54 Å². The number of carbonyl (C=O) groups excluding carboxylic acids is 2. The number of hydrogen-bond acceptors (Lipinski definition) is 4. The first-order chi connectivity index (χ1) is 9.24. The van der Waals surface area contributed by atoms with Crippen molar-refractivity contribution in [3.05, 3.63) is 0 Å². The van der Waals surface area contributed by atoms with E-state index in [2.05, 4.69) is 0 Å². The highest BCUT2D eigenvalue weighted by atomic mass is 32.2. The van der Waals surface area contributed by atoms with Crippen molar-refractivity contribution in [2.75, 3.05) is 24.6 Å². The van der Waals surface area contributed by atoms with Crippen molar-refractivity contribution in [1.29, 1.82) is 0 Å². The molecule has 0 bridgehead atoms. The number of nitrogens with zero attached hydrogens (tertiary/aromatic N) is 1. The van der Waals surface area contributed by atoms with E-state index in [1.807, 2.05) is 16.7 Å². The van der Waals surface area contributed by atoms with Gasteiger partial charge in [0, 0.05) is 24.8 Å². The molecule has 2 heterocycles. The lowest BCUT2D eigenvalue weighted by Crippen LogP contribution is -2.44. The van der Waals surface area contributed by atoms with Gasteiger partial charge < -0.3 is 9.64 Å². The van der Waals surface area contributed by atoms with E-state index < -0.39 is 0 Å².